The lowest BCUT2D eigenvalue weighted by Crippen LogP contribution is -2.39. The van der Waals surface area contributed by atoms with Crippen LogP contribution in [0.2, 0.25) is 0 Å². The monoisotopic (exact) mass is 262 g/mol. The molecule has 2 rings (SSSR count). The first-order valence-corrected chi connectivity index (χ1v) is 6.39. The second-order valence-corrected chi connectivity index (χ2v) is 4.69. The molecular formula is C13H18N4O2. The average Bonchev–Trinajstić information content (AvgIpc) is 2.92. The maximum atomic E-state index is 12.1. The number of aromatic nitrogens is 1. The molecule has 19 heavy (non-hydrogen) atoms. The minimum Gasteiger partial charge on any atom is -0.366 e. The van der Waals surface area contributed by atoms with Gasteiger partial charge in [-0.15, -0.1) is 0 Å². The van der Waals surface area contributed by atoms with Gasteiger partial charge in [0, 0.05) is 19.3 Å². The summed E-state index contributed by atoms with van der Waals surface area (Å²) in [5.74, 6) is 0.128. The van der Waals surface area contributed by atoms with Gasteiger partial charge in [0.25, 0.3) is 0 Å². The summed E-state index contributed by atoms with van der Waals surface area (Å²) < 4.78 is 0. The van der Waals surface area contributed by atoms with Crippen LogP contribution in [0.4, 0.5) is 5.82 Å². The minimum absolute atomic E-state index is 0.0817. The van der Waals surface area contributed by atoms with Gasteiger partial charge in [0.2, 0.25) is 11.8 Å². The Labute approximate surface area is 112 Å². The summed E-state index contributed by atoms with van der Waals surface area (Å²) in [6, 6.07) is 2.91. The number of hydrogen-bond acceptors (Lipinski definition) is 4. The molecule has 0 radical (unpaired) electrons. The Balaban J connectivity index is 1.96. The highest BCUT2D eigenvalue weighted by Gasteiger charge is 2.23. The summed E-state index contributed by atoms with van der Waals surface area (Å²) in [6.45, 7) is 3.47. The van der Waals surface area contributed by atoms with Crippen molar-refractivity contribution in [3.05, 3.63) is 23.9 Å². The van der Waals surface area contributed by atoms with Crippen LogP contribution in [0.5, 0.6) is 0 Å². The summed E-state index contributed by atoms with van der Waals surface area (Å²) in [7, 11) is 0. The van der Waals surface area contributed by atoms with Crippen molar-refractivity contribution in [3.63, 3.8) is 0 Å². The molecule has 6 heteroatoms. The van der Waals surface area contributed by atoms with Crippen LogP contribution >= 0.6 is 0 Å². The van der Waals surface area contributed by atoms with E-state index < -0.39 is 5.91 Å². The van der Waals surface area contributed by atoms with E-state index in [4.69, 9.17) is 5.73 Å². The van der Waals surface area contributed by atoms with Crippen LogP contribution in [-0.2, 0) is 4.79 Å². The van der Waals surface area contributed by atoms with Crippen molar-refractivity contribution in [1.29, 1.82) is 0 Å². The molecule has 0 spiro atoms. The highest BCUT2D eigenvalue weighted by molar-refractivity contribution is 5.92. The molecule has 1 aliphatic rings. The normalized spacial score (nSPS) is 16.2. The molecule has 0 saturated carbocycles. The average molecular weight is 262 g/mol. The first-order valence-electron chi connectivity index (χ1n) is 6.39. The third-order valence-corrected chi connectivity index (χ3v) is 3.20. The Bertz CT molecular complexity index is 466. The zero-order valence-corrected chi connectivity index (χ0v) is 10.9. The number of nitrogens with zero attached hydrogens (tertiary/aromatic N) is 2. The number of carbonyl (C=O) groups excluding carboxylic acids is 2. The number of rotatable bonds is 4. The molecule has 1 fully saturated rings. The van der Waals surface area contributed by atoms with E-state index in [0.29, 0.717) is 11.4 Å². The number of pyridine rings is 1. The molecule has 1 atom stereocenters. The van der Waals surface area contributed by atoms with Crippen molar-refractivity contribution in [3.8, 4) is 0 Å². The maximum absolute atomic E-state index is 12.1. The van der Waals surface area contributed by atoms with Crippen molar-refractivity contribution in [1.82, 2.24) is 9.88 Å². The summed E-state index contributed by atoms with van der Waals surface area (Å²) in [5, 5.41) is 3.03. The number of amides is 2. The lowest BCUT2D eigenvalue weighted by Gasteiger charge is -2.21. The Hall–Kier alpha value is -2.11. The van der Waals surface area contributed by atoms with Crippen molar-refractivity contribution in [2.45, 2.75) is 25.8 Å². The van der Waals surface area contributed by atoms with Crippen LogP contribution < -0.4 is 11.1 Å². The highest BCUT2D eigenvalue weighted by atomic mass is 16.2. The first-order chi connectivity index (χ1) is 9.08. The predicted molar refractivity (Wildman–Crippen MR) is 71.7 cm³/mol. The van der Waals surface area contributed by atoms with Crippen molar-refractivity contribution < 1.29 is 9.59 Å². The molecule has 0 aromatic carbocycles. The number of anilines is 1. The second-order valence-electron chi connectivity index (χ2n) is 4.69. The molecule has 6 nitrogen and oxygen atoms in total. The Kier molecular flexibility index (Phi) is 3.99. The lowest BCUT2D eigenvalue weighted by molar-refractivity contribution is -0.130. The van der Waals surface area contributed by atoms with Crippen LogP contribution in [0, 0.1) is 0 Å². The second kappa shape index (κ2) is 5.69. The van der Waals surface area contributed by atoms with Gasteiger partial charge < -0.3 is 16.0 Å². The van der Waals surface area contributed by atoms with E-state index in [-0.39, 0.29) is 11.9 Å². The molecule has 0 bridgehead atoms. The van der Waals surface area contributed by atoms with Crippen LogP contribution in [0.15, 0.2) is 18.3 Å². The van der Waals surface area contributed by atoms with Crippen LogP contribution in [-0.4, -0.2) is 40.8 Å². The predicted octanol–water partition coefficient (Wildman–Crippen LogP) is 0.603. The van der Waals surface area contributed by atoms with Gasteiger partial charge in [-0.1, -0.05) is 0 Å². The van der Waals surface area contributed by atoms with E-state index in [9.17, 15) is 9.59 Å². The van der Waals surface area contributed by atoms with Gasteiger partial charge in [0.1, 0.15) is 11.9 Å². The molecule has 2 heterocycles. The van der Waals surface area contributed by atoms with E-state index in [2.05, 4.69) is 10.3 Å². The van der Waals surface area contributed by atoms with Gasteiger partial charge in [-0.25, -0.2) is 4.98 Å². The Morgan fingerprint density at radius 1 is 1.37 bits per heavy atom. The molecule has 0 aliphatic carbocycles. The lowest BCUT2D eigenvalue weighted by atomic mass is 10.2. The largest absolute Gasteiger partial charge is 0.366 e. The van der Waals surface area contributed by atoms with Crippen molar-refractivity contribution >= 4 is 17.6 Å². The van der Waals surface area contributed by atoms with E-state index in [1.165, 1.54) is 6.20 Å². The highest BCUT2D eigenvalue weighted by Crippen LogP contribution is 2.12. The van der Waals surface area contributed by atoms with Gasteiger partial charge in [0.05, 0.1) is 5.56 Å². The molecule has 1 unspecified atom stereocenters. The van der Waals surface area contributed by atoms with Gasteiger partial charge in [-0.3, -0.25) is 9.59 Å². The molecule has 1 saturated heterocycles. The Morgan fingerprint density at radius 2 is 2.05 bits per heavy atom. The summed E-state index contributed by atoms with van der Waals surface area (Å²) >= 11 is 0. The number of nitrogens with two attached hydrogens (primary N) is 1. The summed E-state index contributed by atoms with van der Waals surface area (Å²) in [4.78, 5) is 28.9. The SMILES string of the molecule is CC(Nc1ccc(C(N)=O)cn1)C(=O)N1CCCC1. The molecular weight excluding hydrogens is 244 g/mol. The number of carbonyl (C=O) groups is 2. The summed E-state index contributed by atoms with van der Waals surface area (Å²) in [5.41, 5.74) is 5.49. The number of likely N-dealkylation sites (tertiary alicyclic amines) is 1. The standard InChI is InChI=1S/C13H18N4O2/c1-9(13(19)17-6-2-3-7-17)16-11-5-4-10(8-15-11)12(14)18/h4-5,8-9H,2-3,6-7H2,1H3,(H2,14,18)(H,15,16). The minimum atomic E-state index is -0.514. The quantitative estimate of drug-likeness (QED) is 0.831. The molecule has 102 valence electrons. The molecule has 1 aliphatic heterocycles. The molecule has 1 aromatic rings. The van der Waals surface area contributed by atoms with Crippen LogP contribution in [0.25, 0.3) is 0 Å². The fourth-order valence-corrected chi connectivity index (χ4v) is 2.12. The zero-order chi connectivity index (χ0) is 13.8. The first kappa shape index (κ1) is 13.3. The Morgan fingerprint density at radius 3 is 2.58 bits per heavy atom. The molecule has 3 N–H and O–H groups in total. The van der Waals surface area contributed by atoms with Crippen LogP contribution in [0.3, 0.4) is 0 Å². The van der Waals surface area contributed by atoms with E-state index in [1.54, 1.807) is 12.1 Å². The smallest absolute Gasteiger partial charge is 0.250 e. The number of hydrogen-bond donors (Lipinski definition) is 2. The molecule has 1 aromatic heterocycles. The molecule has 2 amide bonds. The fraction of sp³-hybridized carbons (Fsp3) is 0.462. The van der Waals surface area contributed by atoms with Crippen LogP contribution in [0.1, 0.15) is 30.1 Å². The van der Waals surface area contributed by atoms with Crippen molar-refractivity contribution in [2.75, 3.05) is 18.4 Å². The summed E-state index contributed by atoms with van der Waals surface area (Å²) in [6.07, 6.45) is 3.55. The topological polar surface area (TPSA) is 88.3 Å². The van der Waals surface area contributed by atoms with E-state index in [1.807, 2.05) is 11.8 Å². The maximum Gasteiger partial charge on any atom is 0.250 e. The third kappa shape index (κ3) is 3.21. The third-order valence-electron chi connectivity index (χ3n) is 3.20. The van der Waals surface area contributed by atoms with Gasteiger partial charge in [-0.05, 0) is 31.9 Å². The van der Waals surface area contributed by atoms with Gasteiger partial charge in [-0.2, -0.15) is 0 Å². The van der Waals surface area contributed by atoms with E-state index >= 15 is 0 Å². The van der Waals surface area contributed by atoms with Crippen molar-refractivity contribution in [2.24, 2.45) is 5.73 Å². The fourth-order valence-electron chi connectivity index (χ4n) is 2.12. The number of primary amides is 1. The van der Waals surface area contributed by atoms with Gasteiger partial charge in [0.15, 0.2) is 0 Å². The van der Waals surface area contributed by atoms with E-state index in [0.717, 1.165) is 25.9 Å². The van der Waals surface area contributed by atoms with Gasteiger partial charge >= 0.3 is 0 Å². The zero-order valence-electron chi connectivity index (χ0n) is 10.9. The number of nitrogens with one attached hydrogen (secondary N) is 1.